The largest absolute Gasteiger partial charge is 0.491 e. The van der Waals surface area contributed by atoms with Crippen molar-refractivity contribution < 1.29 is 14.2 Å². The molecular formula is C13H19NO3. The summed E-state index contributed by atoms with van der Waals surface area (Å²) in [5, 5.41) is 0. The summed E-state index contributed by atoms with van der Waals surface area (Å²) in [5.74, 6) is 2.71. The van der Waals surface area contributed by atoms with Crippen LogP contribution in [0.15, 0.2) is 12.1 Å². The normalized spacial score (nSPS) is 13.8. The van der Waals surface area contributed by atoms with E-state index in [9.17, 15) is 0 Å². The van der Waals surface area contributed by atoms with Crippen LogP contribution >= 0.6 is 0 Å². The van der Waals surface area contributed by atoms with Crippen molar-refractivity contribution in [2.45, 2.75) is 20.3 Å². The fourth-order valence-electron chi connectivity index (χ4n) is 1.62. The van der Waals surface area contributed by atoms with Crippen molar-refractivity contribution in [2.24, 2.45) is 5.92 Å². The molecule has 0 unspecified atom stereocenters. The molecule has 0 bridgehead atoms. The molecule has 0 saturated carbocycles. The molecule has 4 heteroatoms. The molecular weight excluding hydrogens is 218 g/mol. The Morgan fingerprint density at radius 2 is 1.88 bits per heavy atom. The summed E-state index contributed by atoms with van der Waals surface area (Å²) >= 11 is 0. The van der Waals surface area contributed by atoms with Gasteiger partial charge in [-0.05, 0) is 12.3 Å². The molecule has 94 valence electrons. The molecule has 1 aliphatic heterocycles. The fourth-order valence-corrected chi connectivity index (χ4v) is 1.62. The molecule has 2 rings (SSSR count). The molecule has 17 heavy (non-hydrogen) atoms. The van der Waals surface area contributed by atoms with Gasteiger partial charge in [0.15, 0.2) is 11.5 Å². The Balaban J connectivity index is 2.06. The topological polar surface area (TPSA) is 53.7 Å². The zero-order valence-corrected chi connectivity index (χ0v) is 10.4. The second-order valence-electron chi connectivity index (χ2n) is 4.56. The number of nitrogens with two attached hydrogens (primary N) is 1. The highest BCUT2D eigenvalue weighted by atomic mass is 16.6. The fraction of sp³-hybridized carbons (Fsp3) is 0.538. The van der Waals surface area contributed by atoms with E-state index >= 15 is 0 Å². The molecule has 1 aromatic carbocycles. The number of hydrogen-bond donors (Lipinski definition) is 1. The van der Waals surface area contributed by atoms with Gasteiger partial charge < -0.3 is 19.9 Å². The highest BCUT2D eigenvalue weighted by Crippen LogP contribution is 2.38. The molecule has 2 N–H and O–H groups in total. The van der Waals surface area contributed by atoms with Crippen LogP contribution in [0.3, 0.4) is 0 Å². The molecule has 0 amide bonds. The number of anilines is 1. The Morgan fingerprint density at radius 1 is 1.24 bits per heavy atom. The molecule has 4 nitrogen and oxygen atoms in total. The molecule has 0 atom stereocenters. The Labute approximate surface area is 102 Å². The lowest BCUT2D eigenvalue weighted by Gasteiger charge is -2.20. The van der Waals surface area contributed by atoms with Gasteiger partial charge >= 0.3 is 0 Å². The minimum Gasteiger partial charge on any atom is -0.491 e. The van der Waals surface area contributed by atoms with E-state index in [1.165, 1.54) is 0 Å². The lowest BCUT2D eigenvalue weighted by Crippen LogP contribution is -2.16. The quantitative estimate of drug-likeness (QED) is 0.817. The highest BCUT2D eigenvalue weighted by molar-refractivity contribution is 5.62. The predicted octanol–water partition coefficient (Wildman–Crippen LogP) is 2.46. The van der Waals surface area contributed by atoms with Crippen LogP contribution in [-0.2, 0) is 0 Å². The summed E-state index contributed by atoms with van der Waals surface area (Å²) in [7, 11) is 0. The number of fused-ring (bicyclic) bond motifs is 1. The third-order valence-electron chi connectivity index (χ3n) is 2.63. The summed E-state index contributed by atoms with van der Waals surface area (Å²) in [4.78, 5) is 0. The zero-order valence-electron chi connectivity index (χ0n) is 10.4. The molecule has 1 aromatic rings. The Hall–Kier alpha value is -1.58. The van der Waals surface area contributed by atoms with Crippen molar-refractivity contribution in [3.8, 4) is 17.2 Å². The molecule has 0 saturated heterocycles. The van der Waals surface area contributed by atoms with Crippen molar-refractivity contribution >= 4 is 5.69 Å². The molecule has 0 aliphatic carbocycles. The van der Waals surface area contributed by atoms with E-state index in [1.807, 2.05) is 6.07 Å². The van der Waals surface area contributed by atoms with Gasteiger partial charge in [0, 0.05) is 12.1 Å². The molecule has 1 heterocycles. The van der Waals surface area contributed by atoms with Crippen molar-refractivity contribution in [2.75, 3.05) is 25.6 Å². The van der Waals surface area contributed by atoms with Gasteiger partial charge in [0.25, 0.3) is 0 Å². The maximum absolute atomic E-state index is 5.90. The highest BCUT2D eigenvalue weighted by Gasteiger charge is 2.15. The van der Waals surface area contributed by atoms with Crippen LogP contribution in [0.25, 0.3) is 0 Å². The number of nitrogen functional groups attached to an aromatic ring is 1. The van der Waals surface area contributed by atoms with Gasteiger partial charge in [-0.15, -0.1) is 0 Å². The van der Waals surface area contributed by atoms with Gasteiger partial charge in [0.2, 0.25) is 0 Å². The number of benzene rings is 1. The van der Waals surface area contributed by atoms with Gasteiger partial charge in [0.05, 0.1) is 12.3 Å². The van der Waals surface area contributed by atoms with Crippen molar-refractivity contribution in [1.82, 2.24) is 0 Å². The first-order valence-electron chi connectivity index (χ1n) is 5.98. The predicted molar refractivity (Wildman–Crippen MR) is 66.8 cm³/mol. The van der Waals surface area contributed by atoms with Crippen LogP contribution in [0.2, 0.25) is 0 Å². The standard InChI is InChI=1S/C13H19NO3/c1-9(2)3-4-15-11-8-13-12(7-10(11)14)16-5-6-17-13/h7-9H,3-6,14H2,1-2H3. The van der Waals surface area contributed by atoms with E-state index in [-0.39, 0.29) is 0 Å². The zero-order chi connectivity index (χ0) is 12.3. The third kappa shape index (κ3) is 2.96. The van der Waals surface area contributed by atoms with Crippen molar-refractivity contribution in [3.63, 3.8) is 0 Å². The monoisotopic (exact) mass is 237 g/mol. The number of hydrogen-bond acceptors (Lipinski definition) is 4. The van der Waals surface area contributed by atoms with Gasteiger partial charge in [-0.25, -0.2) is 0 Å². The number of ether oxygens (including phenoxy) is 3. The van der Waals surface area contributed by atoms with Crippen LogP contribution in [-0.4, -0.2) is 19.8 Å². The van der Waals surface area contributed by atoms with E-state index in [2.05, 4.69) is 13.8 Å². The maximum atomic E-state index is 5.90. The maximum Gasteiger partial charge on any atom is 0.165 e. The van der Waals surface area contributed by atoms with Crippen LogP contribution in [0.5, 0.6) is 17.2 Å². The summed E-state index contributed by atoms with van der Waals surface area (Å²) < 4.78 is 16.6. The molecule has 1 aliphatic rings. The average Bonchev–Trinajstić information content (AvgIpc) is 2.29. The summed E-state index contributed by atoms with van der Waals surface area (Å²) in [6, 6.07) is 3.57. The van der Waals surface area contributed by atoms with Gasteiger partial charge in [0.1, 0.15) is 19.0 Å². The van der Waals surface area contributed by atoms with Crippen LogP contribution in [0.4, 0.5) is 5.69 Å². The Morgan fingerprint density at radius 3 is 2.53 bits per heavy atom. The summed E-state index contributed by atoms with van der Waals surface area (Å²) in [6.45, 7) is 6.14. The molecule has 0 fully saturated rings. The Bertz CT molecular complexity index is 390. The smallest absolute Gasteiger partial charge is 0.165 e. The first-order chi connectivity index (χ1) is 8.16. The molecule has 0 aromatic heterocycles. The van der Waals surface area contributed by atoms with Gasteiger partial charge in [-0.2, -0.15) is 0 Å². The second kappa shape index (κ2) is 5.17. The van der Waals surface area contributed by atoms with E-state index in [4.69, 9.17) is 19.9 Å². The van der Waals surface area contributed by atoms with Crippen LogP contribution < -0.4 is 19.9 Å². The van der Waals surface area contributed by atoms with E-state index in [1.54, 1.807) is 6.07 Å². The Kier molecular flexibility index (Phi) is 3.61. The third-order valence-corrected chi connectivity index (χ3v) is 2.63. The second-order valence-corrected chi connectivity index (χ2v) is 4.56. The first-order valence-corrected chi connectivity index (χ1v) is 5.98. The van der Waals surface area contributed by atoms with Gasteiger partial charge in [-0.3, -0.25) is 0 Å². The van der Waals surface area contributed by atoms with Crippen molar-refractivity contribution in [1.29, 1.82) is 0 Å². The van der Waals surface area contributed by atoms with Crippen LogP contribution in [0.1, 0.15) is 20.3 Å². The summed E-state index contributed by atoms with van der Waals surface area (Å²) in [5.41, 5.74) is 6.50. The molecule has 0 radical (unpaired) electrons. The summed E-state index contributed by atoms with van der Waals surface area (Å²) in [6.07, 6.45) is 1.01. The average molecular weight is 237 g/mol. The van der Waals surface area contributed by atoms with Crippen molar-refractivity contribution in [3.05, 3.63) is 12.1 Å². The van der Waals surface area contributed by atoms with E-state index < -0.39 is 0 Å². The first kappa shape index (κ1) is 11.9. The minimum absolute atomic E-state index is 0.569. The van der Waals surface area contributed by atoms with E-state index in [0.29, 0.717) is 48.7 Å². The number of rotatable bonds is 4. The lowest BCUT2D eigenvalue weighted by atomic mass is 10.1. The van der Waals surface area contributed by atoms with E-state index in [0.717, 1.165) is 6.42 Å². The van der Waals surface area contributed by atoms with Gasteiger partial charge in [-0.1, -0.05) is 13.8 Å². The molecule has 0 spiro atoms. The van der Waals surface area contributed by atoms with Crippen LogP contribution in [0, 0.1) is 5.92 Å². The minimum atomic E-state index is 0.569. The SMILES string of the molecule is CC(C)CCOc1cc2c(cc1N)OCCO2. The lowest BCUT2D eigenvalue weighted by molar-refractivity contribution is 0.170.